The third-order valence-electron chi connectivity index (χ3n) is 2.66. The van der Waals surface area contributed by atoms with Crippen LogP contribution in [0.1, 0.15) is 5.56 Å². The maximum Gasteiger partial charge on any atom is 0.228 e. The normalized spacial score (nSPS) is 9.55. The molecule has 4 heteroatoms. The fourth-order valence-corrected chi connectivity index (χ4v) is 1.78. The largest absolute Gasteiger partial charge is 0.477 e. The van der Waals surface area contributed by atoms with Gasteiger partial charge in [-0.2, -0.15) is 5.26 Å². The van der Waals surface area contributed by atoms with Crippen LogP contribution in [0, 0.1) is 11.3 Å². The van der Waals surface area contributed by atoms with E-state index in [0.29, 0.717) is 17.9 Å². The highest BCUT2D eigenvalue weighted by Crippen LogP contribution is 2.23. The standard InChI is InChI=1S/C16H14N2O2/c17-10-11-20-15-9-5-4-8-14(15)18-16(19)12-13-6-2-1-3-7-13/h1-9H,11-12H2,(H,18,19). The van der Waals surface area contributed by atoms with Gasteiger partial charge < -0.3 is 10.1 Å². The number of anilines is 1. The molecule has 2 aromatic carbocycles. The third-order valence-corrected chi connectivity index (χ3v) is 2.66. The number of nitrogens with zero attached hydrogens (tertiary/aromatic N) is 1. The molecule has 2 rings (SSSR count). The van der Waals surface area contributed by atoms with E-state index in [1.807, 2.05) is 36.4 Å². The van der Waals surface area contributed by atoms with E-state index >= 15 is 0 Å². The average Bonchev–Trinajstić information content (AvgIpc) is 2.47. The molecule has 1 N–H and O–H groups in total. The highest BCUT2D eigenvalue weighted by Gasteiger charge is 2.08. The quantitative estimate of drug-likeness (QED) is 0.905. The first-order valence-corrected chi connectivity index (χ1v) is 6.22. The Morgan fingerprint density at radius 3 is 2.55 bits per heavy atom. The summed E-state index contributed by atoms with van der Waals surface area (Å²) >= 11 is 0. The summed E-state index contributed by atoms with van der Waals surface area (Å²) in [7, 11) is 0. The topological polar surface area (TPSA) is 62.1 Å². The van der Waals surface area contributed by atoms with E-state index in [1.54, 1.807) is 24.3 Å². The van der Waals surface area contributed by atoms with Crippen LogP contribution in [0.5, 0.6) is 5.75 Å². The van der Waals surface area contributed by atoms with Crippen LogP contribution in [0.4, 0.5) is 5.69 Å². The van der Waals surface area contributed by atoms with Gasteiger partial charge in [0.15, 0.2) is 6.61 Å². The van der Waals surface area contributed by atoms with Gasteiger partial charge in [0, 0.05) is 0 Å². The van der Waals surface area contributed by atoms with Crippen LogP contribution in [-0.4, -0.2) is 12.5 Å². The number of amides is 1. The van der Waals surface area contributed by atoms with Crippen LogP contribution in [0.2, 0.25) is 0 Å². The van der Waals surface area contributed by atoms with Crippen molar-refractivity contribution >= 4 is 11.6 Å². The van der Waals surface area contributed by atoms with Crippen molar-refractivity contribution in [1.29, 1.82) is 5.26 Å². The summed E-state index contributed by atoms with van der Waals surface area (Å²) in [6.07, 6.45) is 0.299. The third kappa shape index (κ3) is 3.85. The molecule has 2 aromatic rings. The van der Waals surface area contributed by atoms with Crippen LogP contribution in [0.15, 0.2) is 54.6 Å². The fraction of sp³-hybridized carbons (Fsp3) is 0.125. The van der Waals surface area contributed by atoms with Crippen molar-refractivity contribution < 1.29 is 9.53 Å². The molecule has 0 atom stereocenters. The highest BCUT2D eigenvalue weighted by molar-refractivity contribution is 5.93. The molecule has 0 aliphatic heterocycles. The molecule has 20 heavy (non-hydrogen) atoms. The van der Waals surface area contributed by atoms with Crippen molar-refractivity contribution in [1.82, 2.24) is 0 Å². The number of benzene rings is 2. The number of hydrogen-bond acceptors (Lipinski definition) is 3. The molecule has 100 valence electrons. The summed E-state index contributed by atoms with van der Waals surface area (Å²) < 4.78 is 5.26. The Kier molecular flexibility index (Phi) is 4.74. The smallest absolute Gasteiger partial charge is 0.228 e. The van der Waals surface area contributed by atoms with E-state index in [2.05, 4.69) is 5.32 Å². The molecule has 0 bridgehead atoms. The van der Waals surface area contributed by atoms with Crippen molar-refractivity contribution in [2.75, 3.05) is 11.9 Å². The summed E-state index contributed by atoms with van der Waals surface area (Å²) in [6.45, 7) is -0.0500. The molecule has 0 spiro atoms. The van der Waals surface area contributed by atoms with Gasteiger partial charge in [-0.15, -0.1) is 0 Å². The zero-order chi connectivity index (χ0) is 14.2. The zero-order valence-electron chi connectivity index (χ0n) is 10.9. The Hall–Kier alpha value is -2.80. The van der Waals surface area contributed by atoms with Gasteiger partial charge >= 0.3 is 0 Å². The van der Waals surface area contributed by atoms with Crippen LogP contribution < -0.4 is 10.1 Å². The monoisotopic (exact) mass is 266 g/mol. The van der Waals surface area contributed by atoms with E-state index < -0.39 is 0 Å². The Labute approximate surface area is 117 Å². The minimum atomic E-state index is -0.121. The van der Waals surface area contributed by atoms with Crippen LogP contribution in [0.25, 0.3) is 0 Å². The van der Waals surface area contributed by atoms with Gasteiger partial charge in [-0.3, -0.25) is 4.79 Å². The maximum absolute atomic E-state index is 12.0. The van der Waals surface area contributed by atoms with E-state index in [0.717, 1.165) is 5.56 Å². The second kappa shape index (κ2) is 6.95. The molecular weight excluding hydrogens is 252 g/mol. The molecule has 0 aliphatic rings. The molecule has 0 radical (unpaired) electrons. The second-order valence-electron chi connectivity index (χ2n) is 4.15. The molecule has 0 heterocycles. The summed E-state index contributed by atoms with van der Waals surface area (Å²) in [4.78, 5) is 12.0. The predicted molar refractivity (Wildman–Crippen MR) is 76.3 cm³/mol. The number of nitrogens with one attached hydrogen (secondary N) is 1. The first kappa shape index (κ1) is 13.6. The number of carbonyl (C=O) groups excluding carboxylic acids is 1. The van der Waals surface area contributed by atoms with Crippen molar-refractivity contribution in [2.24, 2.45) is 0 Å². The van der Waals surface area contributed by atoms with Crippen molar-refractivity contribution in [3.63, 3.8) is 0 Å². The SMILES string of the molecule is N#CCOc1ccccc1NC(=O)Cc1ccccc1. The van der Waals surface area contributed by atoms with Crippen molar-refractivity contribution in [2.45, 2.75) is 6.42 Å². The van der Waals surface area contributed by atoms with E-state index in [9.17, 15) is 4.79 Å². The van der Waals surface area contributed by atoms with Gasteiger partial charge in [0.2, 0.25) is 5.91 Å². The number of nitriles is 1. The lowest BCUT2D eigenvalue weighted by molar-refractivity contribution is -0.115. The lowest BCUT2D eigenvalue weighted by Crippen LogP contribution is -2.15. The van der Waals surface area contributed by atoms with Gasteiger partial charge in [0.25, 0.3) is 0 Å². The van der Waals surface area contributed by atoms with E-state index in [-0.39, 0.29) is 12.5 Å². The average molecular weight is 266 g/mol. The first-order chi connectivity index (χ1) is 9.79. The molecule has 1 amide bonds. The number of para-hydroxylation sites is 2. The van der Waals surface area contributed by atoms with Gasteiger partial charge in [0.05, 0.1) is 12.1 Å². The van der Waals surface area contributed by atoms with Gasteiger partial charge in [-0.25, -0.2) is 0 Å². The molecule has 0 saturated heterocycles. The lowest BCUT2D eigenvalue weighted by atomic mass is 10.1. The Balaban J connectivity index is 2.02. The van der Waals surface area contributed by atoms with E-state index in [1.165, 1.54) is 0 Å². The van der Waals surface area contributed by atoms with E-state index in [4.69, 9.17) is 10.00 Å². The predicted octanol–water partition coefficient (Wildman–Crippen LogP) is 2.77. The summed E-state index contributed by atoms with van der Waals surface area (Å²) in [6, 6.07) is 18.5. The van der Waals surface area contributed by atoms with Crippen molar-refractivity contribution in [3.05, 3.63) is 60.2 Å². The minimum absolute atomic E-state index is 0.0500. The Morgan fingerprint density at radius 1 is 1.10 bits per heavy atom. The lowest BCUT2D eigenvalue weighted by Gasteiger charge is -2.10. The molecule has 4 nitrogen and oxygen atoms in total. The first-order valence-electron chi connectivity index (χ1n) is 6.22. The molecule has 0 aliphatic carbocycles. The number of hydrogen-bond donors (Lipinski definition) is 1. The van der Waals surface area contributed by atoms with Gasteiger partial charge in [0.1, 0.15) is 11.8 Å². The van der Waals surface area contributed by atoms with Crippen LogP contribution >= 0.6 is 0 Å². The Bertz CT molecular complexity index is 618. The van der Waals surface area contributed by atoms with Crippen molar-refractivity contribution in [3.8, 4) is 11.8 Å². The zero-order valence-corrected chi connectivity index (χ0v) is 10.9. The van der Waals surface area contributed by atoms with Crippen LogP contribution in [0.3, 0.4) is 0 Å². The fourth-order valence-electron chi connectivity index (χ4n) is 1.78. The van der Waals surface area contributed by atoms with Crippen LogP contribution in [-0.2, 0) is 11.2 Å². The van der Waals surface area contributed by atoms with Gasteiger partial charge in [-0.05, 0) is 17.7 Å². The number of carbonyl (C=O) groups is 1. The molecule has 0 fully saturated rings. The molecule has 0 unspecified atom stereocenters. The number of rotatable bonds is 5. The number of ether oxygens (including phenoxy) is 1. The van der Waals surface area contributed by atoms with Gasteiger partial charge in [-0.1, -0.05) is 42.5 Å². The second-order valence-corrected chi connectivity index (χ2v) is 4.15. The summed E-state index contributed by atoms with van der Waals surface area (Å²) in [5.74, 6) is 0.375. The summed E-state index contributed by atoms with van der Waals surface area (Å²) in [5.41, 5.74) is 1.52. The molecular formula is C16H14N2O2. The highest BCUT2D eigenvalue weighted by atomic mass is 16.5. The maximum atomic E-state index is 12.0. The Morgan fingerprint density at radius 2 is 1.80 bits per heavy atom. The molecule has 0 saturated carbocycles. The molecule has 0 aromatic heterocycles. The summed E-state index contributed by atoms with van der Waals surface area (Å²) in [5, 5.41) is 11.3. The minimum Gasteiger partial charge on any atom is -0.477 e.